The molecule has 6 nitrogen and oxygen atoms in total. The van der Waals surface area contributed by atoms with E-state index in [0.29, 0.717) is 37.8 Å². The van der Waals surface area contributed by atoms with Crippen molar-refractivity contribution < 1.29 is 18.3 Å². The minimum Gasteiger partial charge on any atom is -0.480 e. The molecule has 20 heavy (non-hydrogen) atoms. The molecule has 0 aromatic rings. The van der Waals surface area contributed by atoms with Crippen LogP contribution in [0, 0.1) is 11.8 Å². The Hall–Kier alpha value is -0.660. The van der Waals surface area contributed by atoms with Crippen LogP contribution >= 0.6 is 0 Å². The van der Waals surface area contributed by atoms with Crippen molar-refractivity contribution in [3.8, 4) is 0 Å². The van der Waals surface area contributed by atoms with Crippen LogP contribution in [0.5, 0.6) is 0 Å². The molecule has 1 rings (SSSR count). The van der Waals surface area contributed by atoms with Crippen molar-refractivity contribution >= 4 is 16.2 Å². The molecule has 0 saturated carbocycles. The number of nitrogens with zero attached hydrogens (tertiary/aromatic N) is 1. The first-order chi connectivity index (χ1) is 9.26. The summed E-state index contributed by atoms with van der Waals surface area (Å²) in [4.78, 5) is 11.1. The van der Waals surface area contributed by atoms with Gasteiger partial charge in [0, 0.05) is 13.1 Å². The highest BCUT2D eigenvalue weighted by Crippen LogP contribution is 2.23. The van der Waals surface area contributed by atoms with E-state index in [4.69, 9.17) is 5.11 Å². The highest BCUT2D eigenvalue weighted by Gasteiger charge is 2.33. The maximum absolute atomic E-state index is 12.3. The van der Waals surface area contributed by atoms with Crippen molar-refractivity contribution in [1.29, 1.82) is 0 Å². The quantitative estimate of drug-likeness (QED) is 0.745. The Morgan fingerprint density at radius 2 is 1.90 bits per heavy atom. The van der Waals surface area contributed by atoms with Crippen molar-refractivity contribution in [3.63, 3.8) is 0 Å². The molecular weight excluding hydrogens is 280 g/mol. The highest BCUT2D eigenvalue weighted by molar-refractivity contribution is 7.87. The average molecular weight is 306 g/mol. The Kier molecular flexibility index (Phi) is 6.42. The molecule has 1 fully saturated rings. The molecule has 2 N–H and O–H groups in total. The zero-order valence-corrected chi connectivity index (χ0v) is 13.3. The third kappa shape index (κ3) is 5.03. The van der Waals surface area contributed by atoms with Gasteiger partial charge in [-0.15, -0.1) is 0 Å². The first-order valence-corrected chi connectivity index (χ1v) is 8.70. The molecule has 1 aliphatic heterocycles. The Morgan fingerprint density at radius 3 is 2.35 bits per heavy atom. The second kappa shape index (κ2) is 7.38. The molecule has 0 spiro atoms. The zero-order chi connectivity index (χ0) is 15.3. The maximum atomic E-state index is 12.3. The number of aliphatic carboxylic acids is 1. The summed E-state index contributed by atoms with van der Waals surface area (Å²) in [5.41, 5.74) is 0. The first-order valence-electron chi connectivity index (χ1n) is 7.26. The maximum Gasteiger partial charge on any atom is 0.321 e. The summed E-state index contributed by atoms with van der Waals surface area (Å²) in [6.07, 6.45) is 2.85. The number of carboxylic acids is 1. The number of rotatable bonds is 7. The van der Waals surface area contributed by atoms with Crippen molar-refractivity contribution in [2.45, 2.75) is 52.5 Å². The lowest BCUT2D eigenvalue weighted by molar-refractivity contribution is -0.139. The van der Waals surface area contributed by atoms with Crippen molar-refractivity contribution in [2.24, 2.45) is 11.8 Å². The molecule has 0 aromatic carbocycles. The van der Waals surface area contributed by atoms with Crippen LogP contribution in [0.2, 0.25) is 0 Å². The third-order valence-electron chi connectivity index (χ3n) is 3.61. The summed E-state index contributed by atoms with van der Waals surface area (Å²) in [7, 11) is -3.72. The largest absolute Gasteiger partial charge is 0.480 e. The van der Waals surface area contributed by atoms with Crippen LogP contribution in [0.25, 0.3) is 0 Å². The van der Waals surface area contributed by atoms with Crippen LogP contribution in [-0.4, -0.2) is 42.9 Å². The highest BCUT2D eigenvalue weighted by atomic mass is 32.2. The summed E-state index contributed by atoms with van der Waals surface area (Å²) >= 11 is 0. The summed E-state index contributed by atoms with van der Waals surface area (Å²) in [6, 6.07) is -1.03. The van der Waals surface area contributed by atoms with E-state index in [1.54, 1.807) is 0 Å². The van der Waals surface area contributed by atoms with Crippen molar-refractivity contribution in [2.75, 3.05) is 13.1 Å². The Bertz CT molecular complexity index is 414. The van der Waals surface area contributed by atoms with Gasteiger partial charge in [0.2, 0.25) is 0 Å². The van der Waals surface area contributed by atoms with Crippen LogP contribution in [0.3, 0.4) is 0 Å². The average Bonchev–Trinajstić information content (AvgIpc) is 2.32. The monoisotopic (exact) mass is 306 g/mol. The van der Waals surface area contributed by atoms with Crippen LogP contribution in [0.1, 0.15) is 46.5 Å². The minimum atomic E-state index is -3.72. The standard InChI is InChI=1S/C13H26N2O4S/c1-4-5-6-12(13(16)17)14-20(18,19)15-8-10(2)7-11(3)9-15/h10-12,14H,4-9H2,1-3H3,(H,16,17)/t10?,11?,12-/m0/s1. The van der Waals surface area contributed by atoms with Gasteiger partial charge in [0.25, 0.3) is 10.2 Å². The molecule has 118 valence electrons. The van der Waals surface area contributed by atoms with Gasteiger partial charge in [-0.3, -0.25) is 4.79 Å². The number of piperidine rings is 1. The van der Waals surface area contributed by atoms with Crippen molar-refractivity contribution in [1.82, 2.24) is 9.03 Å². The van der Waals surface area contributed by atoms with Gasteiger partial charge >= 0.3 is 5.97 Å². The van der Waals surface area contributed by atoms with Gasteiger partial charge in [0.15, 0.2) is 0 Å². The van der Waals surface area contributed by atoms with Crippen molar-refractivity contribution in [3.05, 3.63) is 0 Å². The molecule has 0 aromatic heterocycles. The SMILES string of the molecule is CCCC[C@H](NS(=O)(=O)N1CC(C)CC(C)C1)C(=O)O. The summed E-state index contributed by atoms with van der Waals surface area (Å²) in [5, 5.41) is 9.12. The van der Waals surface area contributed by atoms with Gasteiger partial charge < -0.3 is 5.11 Å². The van der Waals surface area contributed by atoms with Gasteiger partial charge in [-0.25, -0.2) is 0 Å². The lowest BCUT2D eigenvalue weighted by atomic mass is 9.94. The lowest BCUT2D eigenvalue weighted by Crippen LogP contribution is -2.52. The number of hydrogen-bond acceptors (Lipinski definition) is 3. The third-order valence-corrected chi connectivity index (χ3v) is 5.17. The van der Waals surface area contributed by atoms with Gasteiger partial charge in [-0.1, -0.05) is 33.6 Å². The number of carboxylic acid groups (broad SMARTS) is 1. The molecule has 0 aliphatic carbocycles. The van der Waals surface area contributed by atoms with E-state index in [1.807, 2.05) is 20.8 Å². The van der Waals surface area contributed by atoms with E-state index in [0.717, 1.165) is 12.8 Å². The molecule has 1 aliphatic rings. The van der Waals surface area contributed by atoms with E-state index >= 15 is 0 Å². The molecule has 0 bridgehead atoms. The molecule has 0 amide bonds. The van der Waals surface area contributed by atoms with Crippen LogP contribution < -0.4 is 4.72 Å². The van der Waals surface area contributed by atoms with E-state index in [9.17, 15) is 13.2 Å². The predicted octanol–water partition coefficient (Wildman–Crippen LogP) is 1.44. The second-order valence-corrected chi connectivity index (χ2v) is 7.62. The summed E-state index contributed by atoms with van der Waals surface area (Å²) in [5.74, 6) is -0.511. The number of carbonyl (C=O) groups is 1. The molecule has 1 saturated heterocycles. The summed E-state index contributed by atoms with van der Waals surface area (Å²) < 4.78 is 28.3. The lowest BCUT2D eigenvalue weighted by Gasteiger charge is -2.34. The topological polar surface area (TPSA) is 86.7 Å². The first kappa shape index (κ1) is 17.4. The van der Waals surface area contributed by atoms with E-state index in [2.05, 4.69) is 4.72 Å². The summed E-state index contributed by atoms with van der Waals surface area (Å²) in [6.45, 7) is 6.90. The predicted molar refractivity (Wildman–Crippen MR) is 77.5 cm³/mol. The second-order valence-electron chi connectivity index (χ2n) is 5.92. The smallest absolute Gasteiger partial charge is 0.321 e. The fourth-order valence-corrected chi connectivity index (χ4v) is 4.33. The van der Waals surface area contributed by atoms with E-state index in [-0.39, 0.29) is 0 Å². The Labute approximate surface area is 121 Å². The fourth-order valence-electron chi connectivity index (χ4n) is 2.70. The molecular formula is C13H26N2O4S. The van der Waals surface area contributed by atoms with E-state index < -0.39 is 22.2 Å². The van der Waals surface area contributed by atoms with Gasteiger partial charge in [0.05, 0.1) is 0 Å². The van der Waals surface area contributed by atoms with Gasteiger partial charge in [0.1, 0.15) is 6.04 Å². The molecule has 1 heterocycles. The fraction of sp³-hybridized carbons (Fsp3) is 0.923. The molecule has 3 atom stereocenters. The van der Waals surface area contributed by atoms with E-state index in [1.165, 1.54) is 4.31 Å². The molecule has 7 heteroatoms. The van der Waals surface area contributed by atoms with Gasteiger partial charge in [-0.2, -0.15) is 17.4 Å². The molecule has 2 unspecified atom stereocenters. The Morgan fingerprint density at radius 1 is 1.35 bits per heavy atom. The number of hydrogen-bond donors (Lipinski definition) is 2. The van der Waals surface area contributed by atoms with Crippen LogP contribution in [0.4, 0.5) is 0 Å². The van der Waals surface area contributed by atoms with Gasteiger partial charge in [-0.05, 0) is 24.7 Å². The van der Waals surface area contributed by atoms with Crippen LogP contribution in [0.15, 0.2) is 0 Å². The minimum absolute atomic E-state index is 0.300. The number of unbranched alkanes of at least 4 members (excludes halogenated alkanes) is 1. The Balaban J connectivity index is 2.73. The zero-order valence-electron chi connectivity index (χ0n) is 12.5. The van der Waals surface area contributed by atoms with Crippen LogP contribution in [-0.2, 0) is 15.0 Å². The molecule has 0 radical (unpaired) electrons. The number of nitrogens with one attached hydrogen (secondary N) is 1. The normalized spacial score (nSPS) is 26.4.